The molecule has 0 unspecified atom stereocenters. The third-order valence-corrected chi connectivity index (χ3v) is 5.32. The Bertz CT molecular complexity index is 902. The summed E-state index contributed by atoms with van der Waals surface area (Å²) in [6.45, 7) is 3.75. The van der Waals surface area contributed by atoms with Crippen LogP contribution in [0.2, 0.25) is 0 Å². The lowest BCUT2D eigenvalue weighted by atomic mass is 10.1. The first-order valence-corrected chi connectivity index (χ1v) is 9.85. The molecule has 1 aromatic carbocycles. The zero-order chi connectivity index (χ0) is 20.7. The number of carbonyl (C=O) groups excluding carboxylic acids is 4. The second-order valence-electron chi connectivity index (χ2n) is 6.53. The van der Waals surface area contributed by atoms with Crippen molar-refractivity contribution in [2.75, 3.05) is 12.4 Å². The highest BCUT2D eigenvalue weighted by Crippen LogP contribution is 2.19. The quantitative estimate of drug-likeness (QED) is 0.628. The van der Waals surface area contributed by atoms with Crippen molar-refractivity contribution in [2.45, 2.75) is 39.5 Å². The molecule has 2 aromatic rings. The monoisotopic (exact) mass is 400 g/mol. The number of hydrogen-bond donors (Lipinski definition) is 2. The van der Waals surface area contributed by atoms with Crippen molar-refractivity contribution in [3.8, 4) is 0 Å². The van der Waals surface area contributed by atoms with Gasteiger partial charge in [-0.05, 0) is 43.7 Å². The van der Waals surface area contributed by atoms with Crippen molar-refractivity contribution in [3.05, 3.63) is 51.2 Å². The van der Waals surface area contributed by atoms with Crippen molar-refractivity contribution < 1.29 is 19.2 Å². The summed E-state index contributed by atoms with van der Waals surface area (Å²) in [6, 6.07) is 8.69. The SMILES string of the molecule is CNC(=O)c1ccc(C)c(NC(=O)CCC(=O)CCC(=O)c2ccc(C)s2)c1. The first-order chi connectivity index (χ1) is 13.3. The molecule has 1 heterocycles. The lowest BCUT2D eigenvalue weighted by molar-refractivity contribution is -0.122. The van der Waals surface area contributed by atoms with Crippen LogP contribution in [-0.4, -0.2) is 30.4 Å². The maximum absolute atomic E-state index is 12.2. The van der Waals surface area contributed by atoms with E-state index in [0.29, 0.717) is 16.1 Å². The van der Waals surface area contributed by atoms with Gasteiger partial charge in [0.15, 0.2) is 5.78 Å². The molecule has 0 saturated heterocycles. The average Bonchev–Trinajstić information content (AvgIpc) is 3.12. The fraction of sp³-hybridized carbons (Fsp3) is 0.333. The molecular weight excluding hydrogens is 376 g/mol. The molecule has 0 atom stereocenters. The van der Waals surface area contributed by atoms with Gasteiger partial charge >= 0.3 is 0 Å². The molecule has 148 valence electrons. The van der Waals surface area contributed by atoms with Crippen LogP contribution in [-0.2, 0) is 9.59 Å². The number of rotatable bonds is 9. The van der Waals surface area contributed by atoms with E-state index in [1.165, 1.54) is 18.4 Å². The number of hydrogen-bond acceptors (Lipinski definition) is 5. The van der Waals surface area contributed by atoms with Gasteiger partial charge < -0.3 is 10.6 Å². The Hall–Kier alpha value is -2.80. The van der Waals surface area contributed by atoms with E-state index in [1.807, 2.05) is 19.9 Å². The van der Waals surface area contributed by atoms with E-state index < -0.39 is 0 Å². The largest absolute Gasteiger partial charge is 0.355 e. The first kappa shape index (κ1) is 21.5. The molecule has 0 aliphatic carbocycles. The van der Waals surface area contributed by atoms with Crippen LogP contribution >= 0.6 is 11.3 Å². The van der Waals surface area contributed by atoms with Crippen molar-refractivity contribution in [1.82, 2.24) is 5.32 Å². The van der Waals surface area contributed by atoms with Crippen molar-refractivity contribution >= 4 is 40.4 Å². The van der Waals surface area contributed by atoms with Crippen LogP contribution in [0, 0.1) is 13.8 Å². The van der Waals surface area contributed by atoms with Crippen molar-refractivity contribution in [1.29, 1.82) is 0 Å². The highest BCUT2D eigenvalue weighted by atomic mass is 32.1. The van der Waals surface area contributed by atoms with E-state index in [1.54, 1.807) is 24.3 Å². The number of ketones is 2. The summed E-state index contributed by atoms with van der Waals surface area (Å²) in [6.07, 6.45) is 0.410. The van der Waals surface area contributed by atoms with Gasteiger partial charge in [0.25, 0.3) is 5.91 Å². The van der Waals surface area contributed by atoms with E-state index in [2.05, 4.69) is 10.6 Å². The molecule has 2 rings (SSSR count). The van der Waals surface area contributed by atoms with Crippen molar-refractivity contribution in [3.63, 3.8) is 0 Å². The molecule has 28 heavy (non-hydrogen) atoms. The molecule has 0 bridgehead atoms. The normalized spacial score (nSPS) is 10.4. The number of benzene rings is 1. The van der Waals surface area contributed by atoms with Crippen LogP contribution in [0.25, 0.3) is 0 Å². The zero-order valence-corrected chi connectivity index (χ0v) is 17.1. The average molecular weight is 401 g/mol. The molecule has 1 aromatic heterocycles. The maximum atomic E-state index is 12.2. The molecule has 0 saturated carbocycles. The zero-order valence-electron chi connectivity index (χ0n) is 16.3. The number of thiophene rings is 1. The van der Waals surface area contributed by atoms with Gasteiger partial charge in [0, 0.05) is 48.9 Å². The summed E-state index contributed by atoms with van der Waals surface area (Å²) in [5.41, 5.74) is 1.81. The second-order valence-corrected chi connectivity index (χ2v) is 7.82. The van der Waals surface area contributed by atoms with Crippen LogP contribution in [0.3, 0.4) is 0 Å². The van der Waals surface area contributed by atoms with Crippen LogP contribution < -0.4 is 10.6 Å². The lowest BCUT2D eigenvalue weighted by Gasteiger charge is -2.10. The Kier molecular flexibility index (Phi) is 7.63. The Morgan fingerprint density at radius 3 is 2.29 bits per heavy atom. The summed E-state index contributed by atoms with van der Waals surface area (Å²) < 4.78 is 0. The summed E-state index contributed by atoms with van der Waals surface area (Å²) in [7, 11) is 1.54. The predicted molar refractivity (Wildman–Crippen MR) is 110 cm³/mol. The fourth-order valence-electron chi connectivity index (χ4n) is 2.59. The third-order valence-electron chi connectivity index (χ3n) is 4.28. The molecule has 7 heteroatoms. The minimum absolute atomic E-state index is 0.0365. The Labute approximate surface area is 168 Å². The minimum atomic E-state index is -0.300. The van der Waals surface area contributed by atoms with Gasteiger partial charge in [0.2, 0.25) is 5.91 Å². The number of anilines is 1. The molecule has 0 aliphatic heterocycles. The third kappa shape index (κ3) is 6.13. The molecule has 0 fully saturated rings. The highest BCUT2D eigenvalue weighted by molar-refractivity contribution is 7.14. The van der Waals surface area contributed by atoms with Gasteiger partial charge in [-0.3, -0.25) is 19.2 Å². The molecule has 0 spiro atoms. The standard InChI is InChI=1S/C21H24N2O4S/c1-13-4-6-15(21(27)22-3)12-17(13)23-20(26)11-8-16(24)7-9-18(25)19-10-5-14(2)28-19/h4-6,10,12H,7-9,11H2,1-3H3,(H,22,27)(H,23,26). The molecule has 0 radical (unpaired) electrons. The van der Waals surface area contributed by atoms with Gasteiger partial charge in [-0.25, -0.2) is 0 Å². The topological polar surface area (TPSA) is 92.3 Å². The van der Waals surface area contributed by atoms with Gasteiger partial charge in [-0.15, -0.1) is 11.3 Å². The van der Waals surface area contributed by atoms with Gasteiger partial charge in [-0.2, -0.15) is 0 Å². The van der Waals surface area contributed by atoms with Gasteiger partial charge in [-0.1, -0.05) is 6.07 Å². The highest BCUT2D eigenvalue weighted by Gasteiger charge is 2.14. The minimum Gasteiger partial charge on any atom is -0.355 e. The maximum Gasteiger partial charge on any atom is 0.251 e. The number of Topliss-reactive ketones (excluding diaryl/α,β-unsaturated/α-hetero) is 2. The summed E-state index contributed by atoms with van der Waals surface area (Å²) in [5, 5.41) is 5.28. The van der Waals surface area contributed by atoms with Crippen LogP contribution in [0.5, 0.6) is 0 Å². The first-order valence-electron chi connectivity index (χ1n) is 9.04. The Morgan fingerprint density at radius 2 is 1.64 bits per heavy atom. The number of carbonyl (C=O) groups is 4. The van der Waals surface area contributed by atoms with Crippen LogP contribution in [0.1, 0.15) is 56.2 Å². The summed E-state index contributed by atoms with van der Waals surface area (Å²) in [5.74, 6) is -0.702. The molecular formula is C21H24N2O4S. The van der Waals surface area contributed by atoms with Crippen molar-refractivity contribution in [2.24, 2.45) is 0 Å². The predicted octanol–water partition coefficient (Wildman–Crippen LogP) is 3.68. The van der Waals surface area contributed by atoms with E-state index in [9.17, 15) is 19.2 Å². The van der Waals surface area contributed by atoms with E-state index in [0.717, 1.165) is 10.4 Å². The van der Waals surface area contributed by atoms with Gasteiger partial charge in [0.05, 0.1) is 4.88 Å². The van der Waals surface area contributed by atoms with E-state index in [4.69, 9.17) is 0 Å². The smallest absolute Gasteiger partial charge is 0.251 e. The Morgan fingerprint density at radius 1 is 0.929 bits per heavy atom. The molecule has 2 amide bonds. The van der Waals surface area contributed by atoms with Crippen LogP contribution in [0.4, 0.5) is 5.69 Å². The van der Waals surface area contributed by atoms with Gasteiger partial charge in [0.1, 0.15) is 5.78 Å². The summed E-state index contributed by atoms with van der Waals surface area (Å²) >= 11 is 1.42. The molecule has 2 N–H and O–H groups in total. The summed E-state index contributed by atoms with van der Waals surface area (Å²) in [4.78, 5) is 49.6. The van der Waals surface area contributed by atoms with E-state index >= 15 is 0 Å². The molecule has 6 nitrogen and oxygen atoms in total. The van der Waals surface area contributed by atoms with E-state index in [-0.39, 0.29) is 49.1 Å². The second kappa shape index (κ2) is 9.94. The molecule has 0 aliphatic rings. The fourth-order valence-corrected chi connectivity index (χ4v) is 3.43. The van der Waals surface area contributed by atoms with Crippen LogP contribution in [0.15, 0.2) is 30.3 Å². The lowest BCUT2D eigenvalue weighted by Crippen LogP contribution is -2.19. The number of aryl methyl sites for hydroxylation is 2. The number of nitrogens with one attached hydrogen (secondary N) is 2. The number of amides is 2. The Balaban J connectivity index is 1.81.